The molecule has 0 aliphatic heterocycles. The lowest BCUT2D eigenvalue weighted by molar-refractivity contribution is 0.289. The highest BCUT2D eigenvalue weighted by Gasteiger charge is 2.08. The lowest BCUT2D eigenvalue weighted by atomic mass is 9.97. The molecule has 3 aromatic carbocycles. The first-order valence-electron chi connectivity index (χ1n) is 16.0. The van der Waals surface area contributed by atoms with Crippen LogP contribution in [-0.2, 0) is 6.42 Å². The molecule has 0 spiro atoms. The summed E-state index contributed by atoms with van der Waals surface area (Å²) in [5.41, 5.74) is 5.11. The van der Waals surface area contributed by atoms with Gasteiger partial charge in [0.1, 0.15) is 5.75 Å². The molecule has 0 heterocycles. The lowest BCUT2D eigenvalue weighted by Gasteiger charge is -2.11. The molecule has 0 radical (unpaired) electrons. The Morgan fingerprint density at radius 2 is 0.925 bits per heavy atom. The van der Waals surface area contributed by atoms with Gasteiger partial charge in [-0.15, -0.1) is 0 Å². The minimum absolute atomic E-state index is 0.182. The molecule has 0 aliphatic rings. The highest BCUT2D eigenvalue weighted by molar-refractivity contribution is 5.72. The molecule has 0 unspecified atom stereocenters. The van der Waals surface area contributed by atoms with E-state index < -0.39 is 0 Å². The third kappa shape index (κ3) is 10.9. The van der Waals surface area contributed by atoms with Gasteiger partial charge in [-0.1, -0.05) is 140 Å². The minimum atomic E-state index is 0.182. The van der Waals surface area contributed by atoms with Crippen molar-refractivity contribution in [2.24, 2.45) is 0 Å². The van der Waals surface area contributed by atoms with Gasteiger partial charge >= 0.3 is 0 Å². The molecule has 3 heteroatoms. The molecule has 3 nitrogen and oxygen atoms in total. The molecule has 3 aromatic rings. The molecule has 0 bridgehead atoms. The van der Waals surface area contributed by atoms with Gasteiger partial charge in [-0.2, -0.15) is 0 Å². The number of rotatable bonds is 20. The molecule has 3 rings (SSSR count). The van der Waals surface area contributed by atoms with E-state index in [-0.39, 0.29) is 5.75 Å². The highest BCUT2D eigenvalue weighted by Crippen LogP contribution is 2.34. The van der Waals surface area contributed by atoms with E-state index in [2.05, 4.69) is 50.2 Å². The zero-order valence-corrected chi connectivity index (χ0v) is 25.1. The average molecular weight is 545 g/mol. The third-order valence-corrected chi connectivity index (χ3v) is 7.90. The van der Waals surface area contributed by atoms with E-state index in [0.29, 0.717) is 18.1 Å². The van der Waals surface area contributed by atoms with Gasteiger partial charge in [0, 0.05) is 0 Å². The number of phenols is 2. The van der Waals surface area contributed by atoms with Crippen LogP contribution in [0.5, 0.6) is 17.2 Å². The summed E-state index contributed by atoms with van der Waals surface area (Å²) in [5.74, 6) is 1.12. The summed E-state index contributed by atoms with van der Waals surface area (Å²) < 4.78 is 5.83. The Morgan fingerprint density at radius 3 is 1.45 bits per heavy atom. The predicted octanol–water partition coefficient (Wildman–Crippen LogP) is 11.2. The van der Waals surface area contributed by atoms with Gasteiger partial charge in [-0.25, -0.2) is 0 Å². The molecule has 0 saturated carbocycles. The Morgan fingerprint density at radius 1 is 0.475 bits per heavy atom. The third-order valence-electron chi connectivity index (χ3n) is 7.90. The number of phenolic OH excluding ortho intramolecular Hbond substituents is 2. The van der Waals surface area contributed by atoms with Gasteiger partial charge in [0.25, 0.3) is 0 Å². The van der Waals surface area contributed by atoms with Crippen LogP contribution in [0.1, 0.15) is 116 Å². The monoisotopic (exact) mass is 544 g/mol. The summed E-state index contributed by atoms with van der Waals surface area (Å²) in [6, 6.07) is 20.0. The Balaban J connectivity index is 1.46. The number of aromatic hydroxyl groups is 2. The first-order valence-corrected chi connectivity index (χ1v) is 16.0. The average Bonchev–Trinajstić information content (AvgIpc) is 2.97. The Labute approximate surface area is 243 Å². The fraction of sp³-hybridized carbons (Fsp3) is 0.514. The van der Waals surface area contributed by atoms with Crippen LogP contribution < -0.4 is 4.74 Å². The van der Waals surface area contributed by atoms with Gasteiger partial charge in [0.15, 0.2) is 11.5 Å². The maximum atomic E-state index is 10.6. The van der Waals surface area contributed by atoms with Crippen LogP contribution in [0, 0.1) is 0 Å². The SMILES string of the molecule is CCCCCCCCCCc1ccc(-c2ccc(-c3ccc(OCCCCCCCCC)c(O)c3)cc2)cc1O. The Kier molecular flexibility index (Phi) is 14.5. The van der Waals surface area contributed by atoms with Gasteiger partial charge in [-0.05, 0) is 65.3 Å². The van der Waals surface area contributed by atoms with Crippen molar-refractivity contribution >= 4 is 0 Å². The van der Waals surface area contributed by atoms with Crippen LogP contribution >= 0.6 is 0 Å². The van der Waals surface area contributed by atoms with Crippen molar-refractivity contribution in [3.05, 3.63) is 66.2 Å². The summed E-state index contributed by atoms with van der Waals surface area (Å²) in [5, 5.41) is 21.2. The Bertz CT molecular complexity index is 1010. The molecule has 40 heavy (non-hydrogen) atoms. The minimum Gasteiger partial charge on any atom is -0.508 e. The van der Waals surface area contributed by atoms with E-state index in [1.165, 1.54) is 83.5 Å². The standard InChI is InChI=1S/C37H52O3/c1-3-5-7-9-11-12-14-16-18-32-23-24-33(28-35(32)38)30-19-21-31(22-20-30)34-25-26-37(36(39)29-34)40-27-17-15-13-10-8-6-4-2/h19-26,28-29,38-39H,3-18,27H2,1-2H3. The van der Waals surface area contributed by atoms with Crippen molar-refractivity contribution in [2.75, 3.05) is 6.61 Å². The highest BCUT2D eigenvalue weighted by atomic mass is 16.5. The van der Waals surface area contributed by atoms with Crippen molar-refractivity contribution < 1.29 is 14.9 Å². The number of hydrogen-bond donors (Lipinski definition) is 2. The second kappa shape index (κ2) is 18.4. The van der Waals surface area contributed by atoms with Crippen molar-refractivity contribution in [3.8, 4) is 39.5 Å². The maximum absolute atomic E-state index is 10.6. The van der Waals surface area contributed by atoms with E-state index in [0.717, 1.165) is 47.1 Å². The van der Waals surface area contributed by atoms with E-state index in [4.69, 9.17) is 4.74 Å². The summed E-state index contributed by atoms with van der Waals surface area (Å²) >= 11 is 0. The van der Waals surface area contributed by atoms with Crippen molar-refractivity contribution in [1.29, 1.82) is 0 Å². The Hall–Kier alpha value is -2.94. The number of unbranched alkanes of at least 4 members (excludes halogenated alkanes) is 13. The first-order chi connectivity index (χ1) is 19.6. The maximum Gasteiger partial charge on any atom is 0.160 e. The number of benzene rings is 3. The normalized spacial score (nSPS) is 11.2. The second-order valence-corrected chi connectivity index (χ2v) is 11.3. The molecule has 0 amide bonds. The first kappa shape index (κ1) is 31.6. The van der Waals surface area contributed by atoms with Crippen LogP contribution in [-0.4, -0.2) is 16.8 Å². The van der Waals surface area contributed by atoms with E-state index in [1.54, 1.807) is 6.07 Å². The van der Waals surface area contributed by atoms with Crippen LogP contribution in [0.25, 0.3) is 22.3 Å². The number of aryl methyl sites for hydroxylation is 1. The van der Waals surface area contributed by atoms with Crippen molar-refractivity contribution in [3.63, 3.8) is 0 Å². The van der Waals surface area contributed by atoms with Gasteiger partial charge in [-0.3, -0.25) is 0 Å². The molecule has 0 fully saturated rings. The van der Waals surface area contributed by atoms with Crippen LogP contribution in [0.2, 0.25) is 0 Å². The van der Waals surface area contributed by atoms with Crippen molar-refractivity contribution in [1.82, 2.24) is 0 Å². The smallest absolute Gasteiger partial charge is 0.160 e. The quantitative estimate of drug-likeness (QED) is 0.139. The molecule has 0 saturated heterocycles. The fourth-order valence-electron chi connectivity index (χ4n) is 5.32. The van der Waals surface area contributed by atoms with Crippen molar-refractivity contribution in [2.45, 2.75) is 117 Å². The van der Waals surface area contributed by atoms with Crippen LogP contribution in [0.3, 0.4) is 0 Å². The van der Waals surface area contributed by atoms with Gasteiger partial charge in [0.05, 0.1) is 6.61 Å². The molecular formula is C37H52O3. The molecule has 0 aromatic heterocycles. The molecule has 2 N–H and O–H groups in total. The largest absolute Gasteiger partial charge is 0.508 e. The predicted molar refractivity (Wildman–Crippen MR) is 170 cm³/mol. The molecule has 0 aliphatic carbocycles. The summed E-state index contributed by atoms with van der Waals surface area (Å²) in [7, 11) is 0. The van der Waals surface area contributed by atoms with E-state index in [1.807, 2.05) is 18.2 Å². The molecular weight excluding hydrogens is 492 g/mol. The molecule has 0 atom stereocenters. The zero-order valence-electron chi connectivity index (χ0n) is 25.1. The summed E-state index contributed by atoms with van der Waals surface area (Å²) in [6.07, 6.45) is 20.0. The fourth-order valence-corrected chi connectivity index (χ4v) is 5.32. The van der Waals surface area contributed by atoms with Crippen LogP contribution in [0.4, 0.5) is 0 Å². The zero-order chi connectivity index (χ0) is 28.4. The number of ether oxygens (including phenoxy) is 1. The lowest BCUT2D eigenvalue weighted by Crippen LogP contribution is -1.97. The number of hydrogen-bond acceptors (Lipinski definition) is 3. The van der Waals surface area contributed by atoms with Crippen LogP contribution in [0.15, 0.2) is 60.7 Å². The van der Waals surface area contributed by atoms with E-state index in [9.17, 15) is 10.2 Å². The van der Waals surface area contributed by atoms with Gasteiger partial charge in [0.2, 0.25) is 0 Å². The summed E-state index contributed by atoms with van der Waals surface area (Å²) in [6.45, 7) is 5.14. The second-order valence-electron chi connectivity index (χ2n) is 11.3. The topological polar surface area (TPSA) is 49.7 Å². The summed E-state index contributed by atoms with van der Waals surface area (Å²) in [4.78, 5) is 0. The molecule has 218 valence electrons. The van der Waals surface area contributed by atoms with Gasteiger partial charge < -0.3 is 14.9 Å². The van der Waals surface area contributed by atoms with E-state index >= 15 is 0 Å².